The second kappa shape index (κ2) is 13.6. The van der Waals surface area contributed by atoms with Crippen molar-refractivity contribution in [1.82, 2.24) is 0 Å². The Morgan fingerprint density at radius 3 is 1.30 bits per heavy atom. The van der Waals surface area contributed by atoms with Crippen molar-refractivity contribution in [2.45, 2.75) is 40.5 Å². The third-order valence-corrected chi connectivity index (χ3v) is 3.58. The molecule has 0 heterocycles. The molecule has 1 aromatic carbocycles. The summed E-state index contributed by atoms with van der Waals surface area (Å²) in [5, 5.41) is 0. The predicted octanol–water partition coefficient (Wildman–Crippen LogP) is 3.04. The van der Waals surface area contributed by atoms with Crippen LogP contribution in [0.2, 0.25) is 0 Å². The van der Waals surface area contributed by atoms with Crippen molar-refractivity contribution in [2.75, 3.05) is 0 Å². The molecule has 0 bridgehead atoms. The van der Waals surface area contributed by atoms with Gasteiger partial charge < -0.3 is 12.4 Å². The topological polar surface area (TPSA) is 0 Å². The maximum Gasteiger partial charge on any atom is 4.00 e. The van der Waals surface area contributed by atoms with E-state index in [2.05, 4.69) is 58.9 Å². The van der Waals surface area contributed by atoms with Gasteiger partial charge in [-0.05, 0) is 0 Å². The van der Waals surface area contributed by atoms with Crippen LogP contribution in [-0.2, 0) is 26.2 Å². The van der Waals surface area contributed by atoms with Crippen LogP contribution in [0.4, 0.5) is 0 Å². The summed E-state index contributed by atoms with van der Waals surface area (Å²) >= 11 is 0. The van der Waals surface area contributed by atoms with Crippen molar-refractivity contribution in [1.29, 1.82) is 0 Å². The summed E-state index contributed by atoms with van der Waals surface area (Å²) in [6.07, 6.45) is 12.8. The van der Waals surface area contributed by atoms with Crippen molar-refractivity contribution in [3.63, 3.8) is 0 Å². The smallest absolute Gasteiger partial charge is 1.00 e. The first kappa shape index (κ1) is 24.5. The van der Waals surface area contributed by atoms with E-state index in [1.54, 1.807) is 0 Å². The fourth-order valence-corrected chi connectivity index (χ4v) is 1.78. The molecular weight excluding hydrogens is 379 g/mol. The molecule has 0 nitrogen and oxygen atoms in total. The zero-order valence-electron chi connectivity index (χ0n) is 14.5. The van der Waals surface area contributed by atoms with Crippen LogP contribution in [-0.4, -0.2) is 0 Å². The number of allylic oxidation sites excluding steroid dienone is 8. The molecule has 120 valence electrons. The van der Waals surface area contributed by atoms with Gasteiger partial charge in [0.2, 0.25) is 0 Å². The van der Waals surface area contributed by atoms with E-state index in [0.717, 1.165) is 18.4 Å². The Morgan fingerprint density at radius 2 is 1.17 bits per heavy atom. The van der Waals surface area contributed by atoms with E-state index < -0.39 is 0 Å². The Balaban J connectivity index is 0. The molecule has 0 N–H and O–H groups in total. The van der Waals surface area contributed by atoms with Crippen LogP contribution in [0.1, 0.15) is 46.1 Å². The minimum Gasteiger partial charge on any atom is -1.00 e. The fourth-order valence-electron chi connectivity index (χ4n) is 1.78. The number of rotatable bonds is 0. The summed E-state index contributed by atoms with van der Waals surface area (Å²) < 4.78 is 0. The van der Waals surface area contributed by atoms with E-state index in [0.29, 0.717) is 0 Å². The summed E-state index contributed by atoms with van der Waals surface area (Å²) in [7, 11) is 0. The van der Waals surface area contributed by atoms with Gasteiger partial charge in [0, 0.05) is 0 Å². The molecule has 0 fully saturated rings. The van der Waals surface area contributed by atoms with E-state index >= 15 is 0 Å². The molecule has 0 spiro atoms. The summed E-state index contributed by atoms with van der Waals surface area (Å²) in [5.41, 5.74) is 6.49. The Bertz CT molecular complexity index is 497. The third-order valence-electron chi connectivity index (χ3n) is 3.58. The Hall–Kier alpha value is -0.777. The maximum atomic E-state index is 3.72. The first-order valence-electron chi connectivity index (χ1n) is 7.37. The van der Waals surface area contributed by atoms with Crippen molar-refractivity contribution < 1.29 is 38.6 Å². The zero-order valence-corrected chi connectivity index (χ0v) is 17.8. The fraction of sp³-hybridized carbons (Fsp3) is 0.286. The molecule has 2 heteroatoms. The first-order valence-corrected chi connectivity index (χ1v) is 7.37. The van der Waals surface area contributed by atoms with E-state index in [1.807, 2.05) is 30.3 Å². The maximum absolute atomic E-state index is 3.72. The van der Waals surface area contributed by atoms with Gasteiger partial charge in [-0.25, -0.2) is 22.3 Å². The van der Waals surface area contributed by atoms with Crippen molar-refractivity contribution in [2.24, 2.45) is 0 Å². The number of hydrogen-bond acceptors (Lipinski definition) is 0. The van der Waals surface area contributed by atoms with Gasteiger partial charge in [-0.2, -0.15) is 36.8 Å². The summed E-state index contributed by atoms with van der Waals surface area (Å²) in [5.74, 6) is 0. The van der Waals surface area contributed by atoms with Gasteiger partial charge in [0.25, 0.3) is 0 Å². The molecule has 0 aliphatic heterocycles. The number of halogens is 1. The average molecular weight is 404 g/mol. The molecule has 0 atom stereocenters. The van der Waals surface area contributed by atoms with E-state index in [9.17, 15) is 0 Å². The minimum atomic E-state index is 0. The number of benzene rings is 1. The van der Waals surface area contributed by atoms with Crippen LogP contribution in [0.25, 0.3) is 0 Å². The Labute approximate surface area is 168 Å². The molecular formula is C21H25ClZr. The molecule has 0 saturated heterocycles. The Morgan fingerprint density at radius 1 is 0.783 bits per heavy atom. The van der Waals surface area contributed by atoms with Crippen LogP contribution in [0.15, 0.2) is 64.8 Å². The first-order chi connectivity index (χ1) is 10.0. The molecule has 0 radical (unpaired) electrons. The monoisotopic (exact) mass is 402 g/mol. The molecule has 0 saturated carbocycles. The molecule has 1 aromatic rings. The van der Waals surface area contributed by atoms with Crippen LogP contribution in [0.5, 0.6) is 0 Å². The molecule has 2 aliphatic rings. The van der Waals surface area contributed by atoms with Crippen LogP contribution in [0, 0.1) is 19.1 Å². The number of hydrogen-bond donors (Lipinski definition) is 0. The second-order valence-electron chi connectivity index (χ2n) is 5.27. The van der Waals surface area contributed by atoms with Gasteiger partial charge in [-0.15, -0.1) is 38.8 Å². The molecule has 2 aliphatic carbocycles. The zero-order chi connectivity index (χ0) is 15.7. The Kier molecular flexibility index (Phi) is 14.5. The van der Waals surface area contributed by atoms with Gasteiger partial charge >= 0.3 is 26.2 Å². The SMILES string of the molecule is CC1=[C-]CC=C1C.CC1=[C-]CC=C1C.[CH2-]c1ccccc1.[Cl-].[Zr+4]. The van der Waals surface area contributed by atoms with Crippen molar-refractivity contribution in [3.8, 4) is 0 Å². The normalized spacial score (nSPS) is 14.3. The van der Waals surface area contributed by atoms with Gasteiger partial charge in [0.05, 0.1) is 0 Å². The van der Waals surface area contributed by atoms with Gasteiger partial charge in [0.15, 0.2) is 0 Å². The molecule has 23 heavy (non-hydrogen) atoms. The van der Waals surface area contributed by atoms with E-state index in [-0.39, 0.29) is 38.6 Å². The quantitative estimate of drug-likeness (QED) is 0.584. The van der Waals surface area contributed by atoms with E-state index in [1.165, 1.54) is 22.3 Å². The van der Waals surface area contributed by atoms with Gasteiger partial charge in [-0.3, -0.25) is 12.2 Å². The minimum absolute atomic E-state index is 0. The summed E-state index contributed by atoms with van der Waals surface area (Å²) in [6.45, 7) is 12.2. The van der Waals surface area contributed by atoms with Crippen LogP contribution >= 0.6 is 0 Å². The van der Waals surface area contributed by atoms with Gasteiger partial charge in [0.1, 0.15) is 0 Å². The van der Waals surface area contributed by atoms with Crippen molar-refractivity contribution in [3.05, 3.63) is 89.4 Å². The summed E-state index contributed by atoms with van der Waals surface area (Å²) in [4.78, 5) is 0. The van der Waals surface area contributed by atoms with Crippen LogP contribution < -0.4 is 12.4 Å². The van der Waals surface area contributed by atoms with Gasteiger partial charge in [-0.1, -0.05) is 19.9 Å². The second-order valence-corrected chi connectivity index (χ2v) is 5.27. The molecule has 0 amide bonds. The average Bonchev–Trinajstić information content (AvgIpc) is 3.02. The van der Waals surface area contributed by atoms with E-state index in [4.69, 9.17) is 0 Å². The third kappa shape index (κ3) is 10.6. The van der Waals surface area contributed by atoms with Crippen molar-refractivity contribution >= 4 is 0 Å². The summed E-state index contributed by atoms with van der Waals surface area (Å²) in [6, 6.07) is 9.87. The van der Waals surface area contributed by atoms with Crippen LogP contribution in [0.3, 0.4) is 0 Å². The molecule has 0 aromatic heterocycles. The predicted molar refractivity (Wildman–Crippen MR) is 92.5 cm³/mol. The largest absolute Gasteiger partial charge is 4.00 e. The molecule has 0 unspecified atom stereocenters. The standard InChI is InChI=1S/2C7H9.C7H7.ClH.Zr/c2*1-6-4-3-5-7(6)2;1-7-5-3-2-4-6-7;;/h2*4H,3H2,1-2H3;2-6H,1H2;1H;/q3*-1;;+4/p-1. The molecule has 3 rings (SSSR count).